The molecule has 28 heavy (non-hydrogen) atoms. The van der Waals surface area contributed by atoms with Gasteiger partial charge in [-0.05, 0) is 61.2 Å². The lowest BCUT2D eigenvalue weighted by molar-refractivity contribution is -0.135. The lowest BCUT2D eigenvalue weighted by atomic mass is 9.99. The van der Waals surface area contributed by atoms with E-state index in [-0.39, 0.29) is 42.7 Å². The smallest absolute Gasteiger partial charge is 0.293 e. The monoisotopic (exact) mass is 422 g/mol. The summed E-state index contributed by atoms with van der Waals surface area (Å²) in [6.07, 6.45) is 5.21. The van der Waals surface area contributed by atoms with Crippen LogP contribution in [0, 0.1) is 0 Å². The molecule has 0 spiro atoms. The predicted octanol–water partition coefficient (Wildman–Crippen LogP) is 3.53. The topological polar surface area (TPSA) is 77.9 Å². The van der Waals surface area contributed by atoms with Gasteiger partial charge in [-0.2, -0.15) is 0 Å². The fourth-order valence-corrected chi connectivity index (χ4v) is 4.52. The second kappa shape index (κ2) is 9.58. The Bertz CT molecular complexity index is 779. The molecule has 6 nitrogen and oxygen atoms in total. The molecule has 8 heteroatoms. The van der Waals surface area contributed by atoms with E-state index in [9.17, 15) is 19.5 Å². The quantitative estimate of drug-likeness (QED) is 0.709. The maximum atomic E-state index is 12.6. The van der Waals surface area contributed by atoms with Crippen molar-refractivity contribution in [3.63, 3.8) is 0 Å². The molecule has 2 aliphatic rings. The van der Waals surface area contributed by atoms with Crippen LogP contribution in [0.1, 0.15) is 37.7 Å². The van der Waals surface area contributed by atoms with Crippen LogP contribution in [0.25, 0.3) is 6.08 Å². The third-order valence-corrected chi connectivity index (χ3v) is 6.16. The van der Waals surface area contributed by atoms with E-state index in [1.54, 1.807) is 35.2 Å². The number of hydrogen-bond donors (Lipinski definition) is 1. The standard InChI is InChI=1S/C20H23ClN2O4S/c21-15-6-4-14(5-7-15)13-17-19(26)23(20(27)28-17)11-8-18(25)22-10-2-1-3-16(22)9-12-24/h4-7,13,16,24H,1-3,8-12H2/b17-13-/t16-/m1/s1. The Labute approximate surface area is 173 Å². The summed E-state index contributed by atoms with van der Waals surface area (Å²) in [5, 5.41) is 9.44. The summed E-state index contributed by atoms with van der Waals surface area (Å²) in [5.41, 5.74) is 0.783. The molecule has 3 amide bonds. The SMILES string of the molecule is O=C1S/C(=C\c2ccc(Cl)cc2)C(=O)N1CCC(=O)N1CCCC[C@@H]1CCO. The van der Waals surface area contributed by atoms with Crippen molar-refractivity contribution < 1.29 is 19.5 Å². The first-order valence-corrected chi connectivity index (χ1v) is 10.6. The second-order valence-corrected chi connectivity index (χ2v) is 8.31. The molecular formula is C20H23ClN2O4S. The van der Waals surface area contributed by atoms with E-state index in [4.69, 9.17) is 11.6 Å². The van der Waals surface area contributed by atoms with Gasteiger partial charge in [0.05, 0.1) is 4.91 Å². The molecule has 2 saturated heterocycles. The van der Waals surface area contributed by atoms with Crippen LogP contribution >= 0.6 is 23.4 Å². The van der Waals surface area contributed by atoms with E-state index in [1.807, 2.05) is 0 Å². The van der Waals surface area contributed by atoms with Crippen molar-refractivity contribution in [2.45, 2.75) is 38.1 Å². The number of amides is 3. The number of aliphatic hydroxyl groups is 1. The maximum Gasteiger partial charge on any atom is 0.293 e. The number of halogens is 1. The van der Waals surface area contributed by atoms with E-state index in [1.165, 1.54) is 0 Å². The molecule has 2 heterocycles. The Kier molecular flexibility index (Phi) is 7.15. The van der Waals surface area contributed by atoms with Crippen molar-refractivity contribution in [3.05, 3.63) is 39.8 Å². The Morgan fingerprint density at radius 2 is 2.00 bits per heavy atom. The van der Waals surface area contributed by atoms with Crippen molar-refractivity contribution in [2.24, 2.45) is 0 Å². The average molecular weight is 423 g/mol. The Morgan fingerprint density at radius 1 is 1.25 bits per heavy atom. The first-order chi connectivity index (χ1) is 13.5. The van der Waals surface area contributed by atoms with Gasteiger partial charge in [0, 0.05) is 37.2 Å². The van der Waals surface area contributed by atoms with Gasteiger partial charge in [0.15, 0.2) is 0 Å². The number of nitrogens with zero attached hydrogens (tertiary/aromatic N) is 2. The van der Waals surface area contributed by atoms with Crippen molar-refractivity contribution in [3.8, 4) is 0 Å². The molecule has 0 unspecified atom stereocenters. The molecule has 0 aromatic heterocycles. The average Bonchev–Trinajstić information content (AvgIpc) is 2.95. The first kappa shape index (κ1) is 20.9. The molecule has 1 aromatic rings. The molecule has 2 fully saturated rings. The minimum atomic E-state index is -0.372. The van der Waals surface area contributed by atoms with Gasteiger partial charge in [-0.3, -0.25) is 19.3 Å². The second-order valence-electron chi connectivity index (χ2n) is 6.88. The number of rotatable bonds is 6. The largest absolute Gasteiger partial charge is 0.396 e. The highest BCUT2D eigenvalue weighted by Crippen LogP contribution is 2.32. The van der Waals surface area contributed by atoms with Crippen LogP contribution in [0.4, 0.5) is 4.79 Å². The summed E-state index contributed by atoms with van der Waals surface area (Å²) >= 11 is 6.75. The van der Waals surface area contributed by atoms with Gasteiger partial charge < -0.3 is 10.0 Å². The Hall–Kier alpha value is -1.83. The molecule has 1 N–H and O–H groups in total. The molecular weight excluding hydrogens is 400 g/mol. The third kappa shape index (κ3) is 4.96. The molecule has 1 atom stereocenters. The van der Waals surface area contributed by atoms with Crippen LogP contribution in [0.2, 0.25) is 5.02 Å². The van der Waals surface area contributed by atoms with Gasteiger partial charge in [0.1, 0.15) is 0 Å². The summed E-state index contributed by atoms with van der Waals surface area (Å²) in [5.74, 6) is -0.442. The van der Waals surface area contributed by atoms with Crippen molar-refractivity contribution in [1.29, 1.82) is 0 Å². The number of hydrogen-bond acceptors (Lipinski definition) is 5. The molecule has 0 bridgehead atoms. The zero-order valence-corrected chi connectivity index (χ0v) is 17.0. The van der Waals surface area contributed by atoms with E-state index in [2.05, 4.69) is 0 Å². The van der Waals surface area contributed by atoms with Crippen LogP contribution < -0.4 is 0 Å². The number of imide groups is 1. The van der Waals surface area contributed by atoms with Gasteiger partial charge in [-0.25, -0.2) is 0 Å². The van der Waals surface area contributed by atoms with Crippen LogP contribution in [0.5, 0.6) is 0 Å². The zero-order chi connectivity index (χ0) is 20.1. The lowest BCUT2D eigenvalue weighted by Gasteiger charge is -2.36. The summed E-state index contributed by atoms with van der Waals surface area (Å²) < 4.78 is 0. The molecule has 3 rings (SSSR count). The van der Waals surface area contributed by atoms with Crippen LogP contribution in [0.3, 0.4) is 0 Å². The van der Waals surface area contributed by atoms with Crippen molar-refractivity contribution in [1.82, 2.24) is 9.80 Å². The summed E-state index contributed by atoms with van der Waals surface area (Å²) in [6, 6.07) is 7.04. The number of carbonyl (C=O) groups excluding carboxylic acids is 3. The zero-order valence-electron chi connectivity index (χ0n) is 15.5. The van der Waals surface area contributed by atoms with Gasteiger partial charge in [0.2, 0.25) is 5.91 Å². The maximum absolute atomic E-state index is 12.6. The predicted molar refractivity (Wildman–Crippen MR) is 110 cm³/mol. The normalized spacial score (nSPS) is 21.6. The fourth-order valence-electron chi connectivity index (χ4n) is 3.53. The molecule has 2 aliphatic heterocycles. The number of likely N-dealkylation sites (tertiary alicyclic amines) is 1. The first-order valence-electron chi connectivity index (χ1n) is 9.41. The summed E-state index contributed by atoms with van der Waals surface area (Å²) in [4.78, 5) is 40.7. The Morgan fingerprint density at radius 3 is 2.71 bits per heavy atom. The number of benzene rings is 1. The van der Waals surface area contributed by atoms with Gasteiger partial charge in [-0.15, -0.1) is 0 Å². The molecule has 0 radical (unpaired) electrons. The van der Waals surface area contributed by atoms with E-state index in [0.717, 1.165) is 41.5 Å². The summed E-state index contributed by atoms with van der Waals surface area (Å²) in [7, 11) is 0. The molecule has 150 valence electrons. The number of piperidine rings is 1. The van der Waals surface area contributed by atoms with E-state index in [0.29, 0.717) is 22.9 Å². The molecule has 0 saturated carbocycles. The van der Waals surface area contributed by atoms with Crippen LogP contribution in [-0.2, 0) is 9.59 Å². The molecule has 0 aliphatic carbocycles. The van der Waals surface area contributed by atoms with E-state index >= 15 is 0 Å². The highest BCUT2D eigenvalue weighted by molar-refractivity contribution is 8.18. The summed E-state index contributed by atoms with van der Waals surface area (Å²) in [6.45, 7) is 0.790. The number of carbonyl (C=O) groups is 3. The number of thioether (sulfide) groups is 1. The highest BCUT2D eigenvalue weighted by Gasteiger charge is 2.36. The van der Waals surface area contributed by atoms with Gasteiger partial charge in [0.25, 0.3) is 11.1 Å². The highest BCUT2D eigenvalue weighted by atomic mass is 35.5. The van der Waals surface area contributed by atoms with Crippen LogP contribution in [0.15, 0.2) is 29.2 Å². The van der Waals surface area contributed by atoms with Crippen LogP contribution in [-0.4, -0.2) is 57.7 Å². The third-order valence-electron chi connectivity index (χ3n) is 5.00. The van der Waals surface area contributed by atoms with Gasteiger partial charge in [-0.1, -0.05) is 23.7 Å². The van der Waals surface area contributed by atoms with Crippen molar-refractivity contribution in [2.75, 3.05) is 19.7 Å². The minimum absolute atomic E-state index is 0.0472. The van der Waals surface area contributed by atoms with Crippen molar-refractivity contribution >= 4 is 46.5 Å². The minimum Gasteiger partial charge on any atom is -0.396 e. The fraction of sp³-hybridized carbons (Fsp3) is 0.450. The Balaban J connectivity index is 1.61. The van der Waals surface area contributed by atoms with Gasteiger partial charge >= 0.3 is 0 Å². The lowest BCUT2D eigenvalue weighted by Crippen LogP contribution is -2.45. The molecule has 1 aromatic carbocycles. The number of aliphatic hydroxyl groups excluding tert-OH is 1. The van der Waals surface area contributed by atoms with E-state index < -0.39 is 0 Å².